The molecule has 1 aromatic carbocycles. The molecular weight excluding hydrogens is 372 g/mol. The smallest absolute Gasteiger partial charge is 0.191 e. The van der Waals surface area contributed by atoms with Crippen LogP contribution in [0.15, 0.2) is 66.0 Å². The van der Waals surface area contributed by atoms with E-state index >= 15 is 0 Å². The average Bonchev–Trinajstić information content (AvgIpc) is 3.15. The molecule has 7 heteroatoms. The lowest BCUT2D eigenvalue weighted by Gasteiger charge is -2.12. The van der Waals surface area contributed by atoms with Crippen molar-refractivity contribution < 1.29 is 0 Å². The normalized spacial score (nSPS) is 11.4. The van der Waals surface area contributed by atoms with Crippen molar-refractivity contribution in [2.75, 3.05) is 13.1 Å². The van der Waals surface area contributed by atoms with E-state index in [0.29, 0.717) is 11.7 Å². The first kappa shape index (κ1) is 19.9. The van der Waals surface area contributed by atoms with Gasteiger partial charge >= 0.3 is 0 Å². The number of nitrogens with zero attached hydrogens (tertiary/aromatic N) is 4. The third kappa shape index (κ3) is 6.09. The van der Waals surface area contributed by atoms with Crippen LogP contribution >= 0.6 is 11.6 Å². The Morgan fingerprint density at radius 2 is 1.93 bits per heavy atom. The number of halogens is 1. The first-order chi connectivity index (χ1) is 13.7. The lowest BCUT2D eigenvalue weighted by molar-refractivity contribution is 0.716. The Labute approximate surface area is 170 Å². The summed E-state index contributed by atoms with van der Waals surface area (Å²) in [6, 6.07) is 14.1. The summed E-state index contributed by atoms with van der Waals surface area (Å²) in [4.78, 5) is 13.2. The predicted molar refractivity (Wildman–Crippen MR) is 114 cm³/mol. The van der Waals surface area contributed by atoms with Gasteiger partial charge < -0.3 is 15.2 Å². The van der Waals surface area contributed by atoms with Crippen molar-refractivity contribution in [1.82, 2.24) is 25.2 Å². The molecule has 3 aromatic rings. The van der Waals surface area contributed by atoms with Gasteiger partial charge in [-0.15, -0.1) is 0 Å². The first-order valence-corrected chi connectivity index (χ1v) is 9.79. The first-order valence-electron chi connectivity index (χ1n) is 9.41. The highest BCUT2D eigenvalue weighted by Crippen LogP contribution is 2.07. The van der Waals surface area contributed by atoms with E-state index < -0.39 is 0 Å². The SMILES string of the molecule is CCNC(=NCc1nccn1Cc1ccccc1)NCCc1ccc(Cl)nc1. The third-order valence-corrected chi connectivity index (χ3v) is 4.44. The zero-order valence-corrected chi connectivity index (χ0v) is 16.7. The largest absolute Gasteiger partial charge is 0.357 e. The van der Waals surface area contributed by atoms with Gasteiger partial charge in [0, 0.05) is 38.2 Å². The molecule has 2 heterocycles. The van der Waals surface area contributed by atoms with Gasteiger partial charge in [0.15, 0.2) is 5.96 Å². The van der Waals surface area contributed by atoms with E-state index in [0.717, 1.165) is 43.4 Å². The van der Waals surface area contributed by atoms with E-state index in [-0.39, 0.29) is 0 Å². The number of pyridine rings is 1. The summed E-state index contributed by atoms with van der Waals surface area (Å²) in [5, 5.41) is 7.14. The minimum absolute atomic E-state index is 0.512. The van der Waals surface area contributed by atoms with E-state index in [4.69, 9.17) is 11.6 Å². The molecule has 0 radical (unpaired) electrons. The molecule has 0 amide bonds. The van der Waals surface area contributed by atoms with Crippen LogP contribution in [0.2, 0.25) is 5.15 Å². The number of benzene rings is 1. The number of aromatic nitrogens is 3. The number of hydrogen-bond donors (Lipinski definition) is 2. The molecule has 6 nitrogen and oxygen atoms in total. The standard InChI is InChI=1S/C21H25ClN6/c1-2-23-21(25-11-10-17-8-9-19(22)26-14-17)27-15-20-24-12-13-28(20)16-18-6-4-3-5-7-18/h3-9,12-14H,2,10-11,15-16H2,1H3,(H2,23,25,27). The fraction of sp³-hybridized carbons (Fsp3) is 0.286. The molecule has 0 aliphatic rings. The molecule has 0 aliphatic heterocycles. The van der Waals surface area contributed by atoms with Crippen molar-refractivity contribution >= 4 is 17.6 Å². The minimum Gasteiger partial charge on any atom is -0.357 e. The highest BCUT2D eigenvalue weighted by atomic mass is 35.5. The maximum Gasteiger partial charge on any atom is 0.191 e. The second kappa shape index (κ2) is 10.5. The molecular formula is C21H25ClN6. The number of imidazole rings is 1. The number of hydrogen-bond acceptors (Lipinski definition) is 3. The van der Waals surface area contributed by atoms with Gasteiger partial charge in [-0.25, -0.2) is 15.0 Å². The molecule has 0 saturated heterocycles. The zero-order chi connectivity index (χ0) is 19.6. The van der Waals surface area contributed by atoms with Crippen LogP contribution in [0, 0.1) is 0 Å². The second-order valence-electron chi connectivity index (χ2n) is 6.32. The van der Waals surface area contributed by atoms with Gasteiger partial charge in [0.25, 0.3) is 0 Å². The van der Waals surface area contributed by atoms with Crippen molar-refractivity contribution in [3.8, 4) is 0 Å². The lowest BCUT2D eigenvalue weighted by atomic mass is 10.2. The van der Waals surface area contributed by atoms with Gasteiger partial charge in [0.2, 0.25) is 0 Å². The Kier molecular flexibility index (Phi) is 7.44. The van der Waals surface area contributed by atoms with E-state index in [9.17, 15) is 0 Å². The maximum absolute atomic E-state index is 5.83. The summed E-state index contributed by atoms with van der Waals surface area (Å²) in [5.74, 6) is 1.71. The quantitative estimate of drug-likeness (QED) is 0.348. The Morgan fingerprint density at radius 1 is 1.07 bits per heavy atom. The molecule has 0 aliphatic carbocycles. The molecule has 28 heavy (non-hydrogen) atoms. The fourth-order valence-corrected chi connectivity index (χ4v) is 2.90. The summed E-state index contributed by atoms with van der Waals surface area (Å²) in [7, 11) is 0. The number of rotatable bonds is 8. The highest BCUT2D eigenvalue weighted by Gasteiger charge is 2.04. The summed E-state index contributed by atoms with van der Waals surface area (Å²) in [5.41, 5.74) is 2.37. The second-order valence-corrected chi connectivity index (χ2v) is 6.71. The topological polar surface area (TPSA) is 67.1 Å². The monoisotopic (exact) mass is 396 g/mol. The van der Waals surface area contributed by atoms with Crippen molar-refractivity contribution in [2.24, 2.45) is 4.99 Å². The Bertz CT molecular complexity index is 873. The molecule has 0 atom stereocenters. The summed E-state index contributed by atoms with van der Waals surface area (Å²) < 4.78 is 2.13. The Hall–Kier alpha value is -2.86. The van der Waals surface area contributed by atoms with Gasteiger partial charge in [-0.1, -0.05) is 48.0 Å². The highest BCUT2D eigenvalue weighted by molar-refractivity contribution is 6.29. The number of nitrogens with one attached hydrogen (secondary N) is 2. The van der Waals surface area contributed by atoms with Crippen LogP contribution in [-0.2, 0) is 19.5 Å². The molecule has 2 N–H and O–H groups in total. The number of aliphatic imine (C=N–C) groups is 1. The van der Waals surface area contributed by atoms with Gasteiger partial charge in [0.1, 0.15) is 17.5 Å². The average molecular weight is 397 g/mol. The van der Waals surface area contributed by atoms with Gasteiger partial charge in [-0.05, 0) is 30.5 Å². The van der Waals surface area contributed by atoms with Crippen molar-refractivity contribution in [3.05, 3.63) is 83.2 Å². The molecule has 0 bridgehead atoms. The number of guanidine groups is 1. The van der Waals surface area contributed by atoms with Crippen LogP contribution in [0.25, 0.3) is 0 Å². The van der Waals surface area contributed by atoms with Crippen molar-refractivity contribution in [1.29, 1.82) is 0 Å². The summed E-state index contributed by atoms with van der Waals surface area (Å²) >= 11 is 5.83. The molecule has 146 valence electrons. The lowest BCUT2D eigenvalue weighted by Crippen LogP contribution is -2.38. The van der Waals surface area contributed by atoms with Crippen LogP contribution in [0.5, 0.6) is 0 Å². The maximum atomic E-state index is 5.83. The van der Waals surface area contributed by atoms with Crippen LogP contribution < -0.4 is 10.6 Å². The van der Waals surface area contributed by atoms with E-state index in [2.05, 4.69) is 49.2 Å². The molecule has 3 rings (SSSR count). The minimum atomic E-state index is 0.512. The van der Waals surface area contributed by atoms with Crippen molar-refractivity contribution in [3.63, 3.8) is 0 Å². The third-order valence-electron chi connectivity index (χ3n) is 4.22. The fourth-order valence-electron chi connectivity index (χ4n) is 2.79. The van der Waals surface area contributed by atoms with Gasteiger partial charge in [0.05, 0.1) is 0 Å². The van der Waals surface area contributed by atoms with Gasteiger partial charge in [-0.3, -0.25) is 0 Å². The molecule has 2 aromatic heterocycles. The molecule has 0 unspecified atom stereocenters. The summed E-state index contributed by atoms with van der Waals surface area (Å²) in [6.45, 7) is 4.91. The van der Waals surface area contributed by atoms with E-state index in [1.807, 2.05) is 42.7 Å². The van der Waals surface area contributed by atoms with Gasteiger partial charge in [-0.2, -0.15) is 0 Å². The Balaban J connectivity index is 1.57. The van der Waals surface area contributed by atoms with Crippen molar-refractivity contribution in [2.45, 2.75) is 26.4 Å². The predicted octanol–water partition coefficient (Wildman–Crippen LogP) is 3.28. The van der Waals surface area contributed by atoms with E-state index in [1.54, 1.807) is 6.20 Å². The molecule has 0 spiro atoms. The molecule has 0 saturated carbocycles. The summed E-state index contributed by atoms with van der Waals surface area (Å²) in [6.07, 6.45) is 6.46. The van der Waals surface area contributed by atoms with Crippen LogP contribution in [0.4, 0.5) is 0 Å². The van der Waals surface area contributed by atoms with Crippen LogP contribution in [-0.4, -0.2) is 33.6 Å². The van der Waals surface area contributed by atoms with Crippen LogP contribution in [0.3, 0.4) is 0 Å². The zero-order valence-electron chi connectivity index (χ0n) is 16.0. The van der Waals surface area contributed by atoms with E-state index in [1.165, 1.54) is 5.56 Å². The van der Waals surface area contributed by atoms with Crippen LogP contribution in [0.1, 0.15) is 23.9 Å². The Morgan fingerprint density at radius 3 is 2.68 bits per heavy atom. The molecule has 0 fully saturated rings.